The molecule has 6 nitrogen and oxygen atoms in total. The van der Waals surface area contributed by atoms with Crippen LogP contribution in [0.1, 0.15) is 35.6 Å². The zero-order valence-corrected chi connectivity index (χ0v) is 15.8. The molecule has 27 heavy (non-hydrogen) atoms. The van der Waals surface area contributed by atoms with E-state index in [1.54, 1.807) is 19.4 Å². The van der Waals surface area contributed by atoms with E-state index < -0.39 is 17.7 Å². The molecule has 0 aliphatic heterocycles. The lowest BCUT2D eigenvalue weighted by molar-refractivity contribution is -0.135. The first-order valence-electron chi connectivity index (χ1n) is 8.78. The van der Waals surface area contributed by atoms with Gasteiger partial charge in [0.05, 0.1) is 12.4 Å². The molecule has 0 unspecified atom stereocenters. The summed E-state index contributed by atoms with van der Waals surface area (Å²) >= 11 is 0. The van der Waals surface area contributed by atoms with Gasteiger partial charge in [0.1, 0.15) is 5.92 Å². The summed E-state index contributed by atoms with van der Waals surface area (Å²) in [6.45, 7) is 5.72. The summed E-state index contributed by atoms with van der Waals surface area (Å²) in [4.78, 5) is 24.4. The molecular weight excluding hydrogens is 340 g/mol. The molecule has 6 heteroatoms. The van der Waals surface area contributed by atoms with Crippen molar-refractivity contribution in [1.29, 1.82) is 0 Å². The quantitative estimate of drug-likeness (QED) is 0.450. The second-order valence-corrected chi connectivity index (χ2v) is 6.26. The topological polar surface area (TPSA) is 82.9 Å². The first-order valence-corrected chi connectivity index (χ1v) is 8.78. The van der Waals surface area contributed by atoms with Crippen molar-refractivity contribution in [2.75, 3.05) is 0 Å². The van der Waals surface area contributed by atoms with Crippen molar-refractivity contribution in [3.63, 3.8) is 0 Å². The molecule has 0 saturated carbocycles. The van der Waals surface area contributed by atoms with Crippen molar-refractivity contribution in [3.05, 3.63) is 70.8 Å². The van der Waals surface area contributed by atoms with Crippen LogP contribution in [0.5, 0.6) is 0 Å². The largest absolute Gasteiger partial charge is 0.272 e. The minimum absolute atomic E-state index is 0.345. The van der Waals surface area contributed by atoms with Gasteiger partial charge in [0.15, 0.2) is 0 Å². The van der Waals surface area contributed by atoms with Crippen LogP contribution in [0.4, 0.5) is 0 Å². The third-order valence-corrected chi connectivity index (χ3v) is 3.90. The van der Waals surface area contributed by atoms with Gasteiger partial charge in [-0.05, 0) is 31.4 Å². The van der Waals surface area contributed by atoms with E-state index in [9.17, 15) is 9.59 Å². The third kappa shape index (κ3) is 6.51. The highest BCUT2D eigenvalue weighted by molar-refractivity contribution is 6.00. The number of hydrogen-bond donors (Lipinski definition) is 2. The summed E-state index contributed by atoms with van der Waals surface area (Å²) in [5.41, 5.74) is 8.77. The average molecular weight is 364 g/mol. The Balaban J connectivity index is 1.90. The van der Waals surface area contributed by atoms with Crippen LogP contribution in [0.15, 0.2) is 58.7 Å². The Bertz CT molecular complexity index is 789. The van der Waals surface area contributed by atoms with E-state index >= 15 is 0 Å². The normalized spacial score (nSPS) is 11.3. The molecule has 0 aromatic heterocycles. The molecule has 0 aliphatic carbocycles. The molecule has 0 spiro atoms. The van der Waals surface area contributed by atoms with Gasteiger partial charge in [-0.3, -0.25) is 9.59 Å². The van der Waals surface area contributed by atoms with E-state index in [1.807, 2.05) is 62.4 Å². The number of hydrogen-bond acceptors (Lipinski definition) is 4. The van der Waals surface area contributed by atoms with E-state index in [2.05, 4.69) is 21.1 Å². The van der Waals surface area contributed by atoms with E-state index in [-0.39, 0.29) is 0 Å². The van der Waals surface area contributed by atoms with Crippen LogP contribution in [-0.4, -0.2) is 24.2 Å². The lowest BCUT2D eigenvalue weighted by Gasteiger charge is -2.10. The maximum Gasteiger partial charge on any atom is 0.252 e. The molecule has 0 bridgehead atoms. The molecule has 2 N–H and O–H groups in total. The number of rotatable bonds is 7. The first-order chi connectivity index (χ1) is 13.0. The summed E-state index contributed by atoms with van der Waals surface area (Å²) in [7, 11) is 0. The number of carbonyl (C=O) groups is 2. The fraction of sp³-hybridized carbons (Fsp3) is 0.238. The number of benzene rings is 2. The lowest BCUT2D eigenvalue weighted by atomic mass is 10.1. The Kier molecular flexibility index (Phi) is 7.43. The number of aryl methyl sites for hydroxylation is 2. The van der Waals surface area contributed by atoms with E-state index in [1.165, 1.54) is 0 Å². The highest BCUT2D eigenvalue weighted by Gasteiger charge is 2.24. The van der Waals surface area contributed by atoms with Crippen LogP contribution in [0.25, 0.3) is 0 Å². The minimum Gasteiger partial charge on any atom is -0.272 e. The molecule has 2 rings (SSSR count). The van der Waals surface area contributed by atoms with Crippen LogP contribution in [0, 0.1) is 19.8 Å². The summed E-state index contributed by atoms with van der Waals surface area (Å²) in [6, 6.07) is 15.4. The summed E-state index contributed by atoms with van der Waals surface area (Å²) in [5, 5.41) is 7.86. The molecule has 2 aromatic carbocycles. The molecule has 140 valence electrons. The Morgan fingerprint density at radius 2 is 1.33 bits per heavy atom. The number of nitrogens with zero attached hydrogens (tertiary/aromatic N) is 2. The van der Waals surface area contributed by atoms with Gasteiger partial charge < -0.3 is 0 Å². The van der Waals surface area contributed by atoms with Crippen molar-refractivity contribution in [3.8, 4) is 0 Å². The van der Waals surface area contributed by atoms with E-state index in [4.69, 9.17) is 0 Å². The predicted molar refractivity (Wildman–Crippen MR) is 108 cm³/mol. The summed E-state index contributed by atoms with van der Waals surface area (Å²) in [5.74, 6) is -1.80. The van der Waals surface area contributed by atoms with Crippen LogP contribution in [-0.2, 0) is 9.59 Å². The molecular formula is C21H24N4O2. The SMILES string of the molecule is CCC(C(=O)N/N=C\c1cccc(C)c1)C(=O)N/N=C\c1cccc(C)c1. The molecule has 0 radical (unpaired) electrons. The minimum atomic E-state index is -0.866. The molecule has 0 aliphatic rings. The van der Waals surface area contributed by atoms with Gasteiger partial charge in [-0.1, -0.05) is 66.6 Å². The third-order valence-electron chi connectivity index (χ3n) is 3.90. The Labute approximate surface area is 159 Å². The monoisotopic (exact) mass is 364 g/mol. The van der Waals surface area contributed by atoms with Gasteiger partial charge in [0.2, 0.25) is 0 Å². The molecule has 0 atom stereocenters. The van der Waals surface area contributed by atoms with Gasteiger partial charge in [-0.15, -0.1) is 0 Å². The highest BCUT2D eigenvalue weighted by atomic mass is 16.2. The van der Waals surface area contributed by atoms with Crippen molar-refractivity contribution in [1.82, 2.24) is 10.9 Å². The van der Waals surface area contributed by atoms with Crippen molar-refractivity contribution >= 4 is 24.2 Å². The van der Waals surface area contributed by atoms with Crippen molar-refractivity contribution in [2.24, 2.45) is 16.1 Å². The number of nitrogens with one attached hydrogen (secondary N) is 2. The van der Waals surface area contributed by atoms with Gasteiger partial charge in [0.25, 0.3) is 11.8 Å². The molecule has 0 heterocycles. The average Bonchev–Trinajstić information content (AvgIpc) is 2.62. The second kappa shape index (κ2) is 10.0. The van der Waals surface area contributed by atoms with Crippen molar-refractivity contribution in [2.45, 2.75) is 27.2 Å². The molecule has 0 saturated heterocycles. The Morgan fingerprint density at radius 3 is 1.70 bits per heavy atom. The standard InChI is InChI=1S/C21H24N4O2/c1-4-19(20(26)24-22-13-17-9-5-7-15(2)11-17)21(27)25-23-14-18-10-6-8-16(3)12-18/h5-14,19H,4H2,1-3H3,(H,24,26)(H,25,27)/b22-13-,23-14-. The Hall–Kier alpha value is -3.28. The van der Waals surface area contributed by atoms with Crippen LogP contribution in [0.3, 0.4) is 0 Å². The number of carbonyl (C=O) groups excluding carboxylic acids is 2. The van der Waals surface area contributed by atoms with Gasteiger partial charge >= 0.3 is 0 Å². The fourth-order valence-electron chi connectivity index (χ4n) is 2.49. The molecule has 0 fully saturated rings. The van der Waals surface area contributed by atoms with Gasteiger partial charge in [0, 0.05) is 0 Å². The maximum atomic E-state index is 12.2. The van der Waals surface area contributed by atoms with E-state index in [0.717, 1.165) is 22.3 Å². The van der Waals surface area contributed by atoms with Crippen molar-refractivity contribution < 1.29 is 9.59 Å². The van der Waals surface area contributed by atoms with E-state index in [0.29, 0.717) is 6.42 Å². The second-order valence-electron chi connectivity index (χ2n) is 6.26. The highest BCUT2D eigenvalue weighted by Crippen LogP contribution is 2.04. The lowest BCUT2D eigenvalue weighted by Crippen LogP contribution is -2.37. The number of amides is 2. The van der Waals surface area contributed by atoms with Crippen LogP contribution >= 0.6 is 0 Å². The zero-order chi connectivity index (χ0) is 19.6. The van der Waals surface area contributed by atoms with Gasteiger partial charge in [-0.2, -0.15) is 10.2 Å². The molecule has 2 aromatic rings. The fourth-order valence-corrected chi connectivity index (χ4v) is 2.49. The predicted octanol–water partition coefficient (Wildman–Crippen LogP) is 2.93. The zero-order valence-electron chi connectivity index (χ0n) is 15.8. The summed E-state index contributed by atoms with van der Waals surface area (Å²) < 4.78 is 0. The maximum absolute atomic E-state index is 12.2. The first kappa shape index (κ1) is 20.0. The van der Waals surface area contributed by atoms with Gasteiger partial charge in [-0.25, -0.2) is 10.9 Å². The van der Waals surface area contributed by atoms with Crippen LogP contribution < -0.4 is 10.9 Å². The number of hydrazone groups is 2. The Morgan fingerprint density at radius 1 is 0.889 bits per heavy atom. The summed E-state index contributed by atoms with van der Waals surface area (Å²) in [6.07, 6.45) is 3.44. The smallest absolute Gasteiger partial charge is 0.252 e. The molecule has 2 amide bonds. The van der Waals surface area contributed by atoms with Crippen LogP contribution in [0.2, 0.25) is 0 Å².